The lowest BCUT2D eigenvalue weighted by Gasteiger charge is -2.49. The lowest BCUT2D eigenvalue weighted by atomic mass is 9.83. The van der Waals surface area contributed by atoms with E-state index in [1.165, 1.54) is 0 Å². The Morgan fingerprint density at radius 2 is 1.97 bits per heavy atom. The number of H-pyrrole nitrogens is 1. The summed E-state index contributed by atoms with van der Waals surface area (Å²) in [7, 11) is 1.64. The minimum atomic E-state index is -1.08. The van der Waals surface area contributed by atoms with Crippen molar-refractivity contribution < 1.29 is 23.8 Å². The largest absolute Gasteiger partial charge is 0.497 e. The van der Waals surface area contributed by atoms with Crippen molar-refractivity contribution >= 4 is 22.7 Å². The Balaban J connectivity index is 1.40. The molecule has 6 rings (SSSR count). The average molecular weight is 433 g/mol. The molecule has 3 aliphatic heterocycles. The van der Waals surface area contributed by atoms with Crippen LogP contribution in [0.2, 0.25) is 0 Å². The Hall–Kier alpha value is -3.68. The second kappa shape index (κ2) is 6.66. The maximum atomic E-state index is 13.9. The van der Waals surface area contributed by atoms with E-state index < -0.39 is 5.54 Å². The van der Waals surface area contributed by atoms with Gasteiger partial charge in [0.25, 0.3) is 5.91 Å². The molecule has 1 saturated heterocycles. The molecular formula is C24H23N3O5. The fourth-order valence-corrected chi connectivity index (χ4v) is 5.22. The molecule has 1 fully saturated rings. The Labute approximate surface area is 184 Å². The van der Waals surface area contributed by atoms with Crippen molar-refractivity contribution in [3.05, 3.63) is 53.2 Å². The molecule has 2 aromatic carbocycles. The van der Waals surface area contributed by atoms with Gasteiger partial charge < -0.3 is 29.0 Å². The summed E-state index contributed by atoms with van der Waals surface area (Å²) in [4.78, 5) is 33.8. The molecule has 4 heterocycles. The highest BCUT2D eigenvalue weighted by atomic mass is 16.7. The Morgan fingerprint density at radius 1 is 1.12 bits per heavy atom. The lowest BCUT2D eigenvalue weighted by molar-refractivity contribution is -0.166. The van der Waals surface area contributed by atoms with Crippen LogP contribution in [-0.4, -0.2) is 53.6 Å². The number of rotatable bonds is 3. The first kappa shape index (κ1) is 19.0. The van der Waals surface area contributed by atoms with Crippen molar-refractivity contribution in [3.63, 3.8) is 0 Å². The molecule has 8 heteroatoms. The van der Waals surface area contributed by atoms with E-state index in [-0.39, 0.29) is 25.2 Å². The van der Waals surface area contributed by atoms with Crippen molar-refractivity contribution in [3.8, 4) is 17.2 Å². The highest BCUT2D eigenvalue weighted by Crippen LogP contribution is 2.43. The first-order valence-corrected chi connectivity index (χ1v) is 10.7. The van der Waals surface area contributed by atoms with Gasteiger partial charge in [-0.2, -0.15) is 0 Å². The van der Waals surface area contributed by atoms with Gasteiger partial charge in [0, 0.05) is 24.0 Å². The molecule has 3 aliphatic rings. The molecule has 3 aromatic rings. The van der Waals surface area contributed by atoms with Crippen molar-refractivity contribution in [2.75, 3.05) is 27.0 Å². The Morgan fingerprint density at radius 3 is 2.81 bits per heavy atom. The van der Waals surface area contributed by atoms with E-state index in [0.717, 1.165) is 33.5 Å². The van der Waals surface area contributed by atoms with Crippen molar-refractivity contribution in [1.82, 2.24) is 14.8 Å². The number of hydrogen-bond donors (Lipinski definition) is 1. The third-order valence-electron chi connectivity index (χ3n) is 6.87. The molecule has 1 atom stereocenters. The van der Waals surface area contributed by atoms with Gasteiger partial charge in [0.1, 0.15) is 12.3 Å². The average Bonchev–Trinajstić information content (AvgIpc) is 3.41. The van der Waals surface area contributed by atoms with Gasteiger partial charge in [0.15, 0.2) is 17.0 Å². The van der Waals surface area contributed by atoms with E-state index >= 15 is 0 Å². The topological polar surface area (TPSA) is 84.1 Å². The molecule has 1 unspecified atom stereocenters. The van der Waals surface area contributed by atoms with Crippen LogP contribution in [0.15, 0.2) is 36.4 Å². The molecule has 1 N–H and O–H groups in total. The minimum absolute atomic E-state index is 0.0465. The third kappa shape index (κ3) is 2.55. The first-order chi connectivity index (χ1) is 15.5. The molecular weight excluding hydrogens is 410 g/mol. The fourth-order valence-electron chi connectivity index (χ4n) is 5.22. The minimum Gasteiger partial charge on any atom is -0.497 e. The monoisotopic (exact) mass is 433 g/mol. The quantitative estimate of drug-likeness (QED) is 0.686. The van der Waals surface area contributed by atoms with E-state index in [1.807, 2.05) is 43.3 Å². The number of hydrogen-bond acceptors (Lipinski definition) is 5. The summed E-state index contributed by atoms with van der Waals surface area (Å²) in [6, 6.07) is 11.5. The first-order valence-electron chi connectivity index (χ1n) is 10.7. The van der Waals surface area contributed by atoms with Gasteiger partial charge in [0.05, 0.1) is 12.8 Å². The number of aromatic amines is 1. The number of benzene rings is 2. The van der Waals surface area contributed by atoms with Gasteiger partial charge >= 0.3 is 0 Å². The summed E-state index contributed by atoms with van der Waals surface area (Å²) in [6.07, 6.45) is 0.694. The maximum absolute atomic E-state index is 13.9. The standard InChI is InChI=1S/C24H23N3O5/c1-24-22-16(17-10-15(30-2)4-5-18(17)25-22)7-8-27(24)21(28)12-26(23(24)29)11-14-3-6-19-20(9-14)32-13-31-19/h3-6,9-10,25H,7-8,11-13H2,1-2H3. The summed E-state index contributed by atoms with van der Waals surface area (Å²) < 4.78 is 16.2. The van der Waals surface area contributed by atoms with Crippen LogP contribution in [0, 0.1) is 0 Å². The number of piperazine rings is 1. The number of aromatic nitrogens is 1. The van der Waals surface area contributed by atoms with Gasteiger partial charge in [-0.25, -0.2) is 0 Å². The zero-order chi connectivity index (χ0) is 22.0. The lowest BCUT2D eigenvalue weighted by Crippen LogP contribution is -2.66. The molecule has 0 saturated carbocycles. The van der Waals surface area contributed by atoms with Gasteiger partial charge in [-0.05, 0) is 54.8 Å². The molecule has 32 heavy (non-hydrogen) atoms. The van der Waals surface area contributed by atoms with Gasteiger partial charge in [-0.15, -0.1) is 0 Å². The Kier molecular flexibility index (Phi) is 3.96. The van der Waals surface area contributed by atoms with Crippen molar-refractivity contribution in [2.45, 2.75) is 25.4 Å². The van der Waals surface area contributed by atoms with E-state index in [0.29, 0.717) is 31.0 Å². The Bertz CT molecular complexity index is 1280. The second-order valence-electron chi connectivity index (χ2n) is 8.61. The number of nitrogens with one attached hydrogen (secondary N) is 1. The van der Waals surface area contributed by atoms with E-state index in [4.69, 9.17) is 14.2 Å². The van der Waals surface area contributed by atoms with Crippen LogP contribution in [0.25, 0.3) is 10.9 Å². The van der Waals surface area contributed by atoms with Crippen LogP contribution in [0.3, 0.4) is 0 Å². The molecule has 164 valence electrons. The summed E-state index contributed by atoms with van der Waals surface area (Å²) >= 11 is 0. The predicted molar refractivity (Wildman–Crippen MR) is 116 cm³/mol. The zero-order valence-corrected chi connectivity index (χ0v) is 17.9. The number of carbonyl (C=O) groups excluding carboxylic acids is 2. The summed E-state index contributed by atoms with van der Waals surface area (Å²) in [5.41, 5.74) is 2.62. The van der Waals surface area contributed by atoms with Crippen molar-refractivity contribution in [2.24, 2.45) is 0 Å². The second-order valence-corrected chi connectivity index (χ2v) is 8.61. The van der Waals surface area contributed by atoms with Crippen LogP contribution in [0.4, 0.5) is 0 Å². The summed E-state index contributed by atoms with van der Waals surface area (Å²) in [6.45, 7) is 2.95. The summed E-state index contributed by atoms with van der Waals surface area (Å²) in [5, 5.41) is 1.04. The van der Waals surface area contributed by atoms with E-state index in [9.17, 15) is 9.59 Å². The van der Waals surface area contributed by atoms with Gasteiger partial charge in [0.2, 0.25) is 12.7 Å². The number of ether oxygens (including phenoxy) is 3. The van der Waals surface area contributed by atoms with Crippen LogP contribution in [-0.2, 0) is 28.1 Å². The molecule has 0 spiro atoms. The number of fused-ring (bicyclic) bond motifs is 6. The highest BCUT2D eigenvalue weighted by Gasteiger charge is 2.54. The number of amides is 2. The fraction of sp³-hybridized carbons (Fsp3) is 0.333. The maximum Gasteiger partial charge on any atom is 0.255 e. The zero-order valence-electron chi connectivity index (χ0n) is 17.9. The van der Waals surface area contributed by atoms with Crippen LogP contribution < -0.4 is 14.2 Å². The van der Waals surface area contributed by atoms with Crippen LogP contribution in [0.1, 0.15) is 23.7 Å². The van der Waals surface area contributed by atoms with Crippen LogP contribution >= 0.6 is 0 Å². The highest BCUT2D eigenvalue weighted by molar-refractivity contribution is 6.00. The molecule has 0 bridgehead atoms. The molecule has 0 radical (unpaired) electrons. The predicted octanol–water partition coefficient (Wildman–Crippen LogP) is 2.55. The summed E-state index contributed by atoms with van der Waals surface area (Å²) in [5.74, 6) is 1.99. The third-order valence-corrected chi connectivity index (χ3v) is 6.87. The molecule has 8 nitrogen and oxygen atoms in total. The number of nitrogens with zero attached hydrogens (tertiary/aromatic N) is 2. The number of carbonyl (C=O) groups is 2. The van der Waals surface area contributed by atoms with Gasteiger partial charge in [-0.3, -0.25) is 9.59 Å². The SMILES string of the molecule is COc1ccc2[nH]c3c(c2c1)CCN1C(=O)CN(Cc2ccc4c(c2)OCO4)C(=O)C31C. The van der Waals surface area contributed by atoms with E-state index in [2.05, 4.69) is 4.98 Å². The van der Waals surface area contributed by atoms with Crippen LogP contribution in [0.5, 0.6) is 17.2 Å². The number of methoxy groups -OCH3 is 1. The van der Waals surface area contributed by atoms with E-state index in [1.54, 1.807) is 16.9 Å². The molecule has 0 aliphatic carbocycles. The molecule has 1 aromatic heterocycles. The molecule has 2 amide bonds. The van der Waals surface area contributed by atoms with Gasteiger partial charge in [-0.1, -0.05) is 6.07 Å². The van der Waals surface area contributed by atoms with Crippen molar-refractivity contribution in [1.29, 1.82) is 0 Å². The smallest absolute Gasteiger partial charge is 0.255 e. The normalized spacial score (nSPS) is 21.7.